The van der Waals surface area contributed by atoms with Crippen LogP contribution in [0, 0.1) is 5.92 Å². The van der Waals surface area contributed by atoms with Crippen molar-refractivity contribution < 1.29 is 9.47 Å². The Hall–Kier alpha value is -2.19. The molecule has 1 aromatic heterocycles. The monoisotopic (exact) mass is 414 g/mol. The summed E-state index contributed by atoms with van der Waals surface area (Å²) < 4.78 is 13.4. The molecular weight excluding hydrogens is 380 g/mol. The minimum Gasteiger partial charge on any atom is -0.495 e. The summed E-state index contributed by atoms with van der Waals surface area (Å²) in [4.78, 5) is 4.96. The van der Waals surface area contributed by atoms with E-state index in [-0.39, 0.29) is 12.1 Å². The van der Waals surface area contributed by atoms with Crippen LogP contribution in [0.15, 0.2) is 24.3 Å². The predicted octanol–water partition coefficient (Wildman–Crippen LogP) is 2.77. The molecule has 2 aliphatic heterocycles. The number of tetrazole rings is 1. The molecule has 0 spiro atoms. The second-order valence-electron chi connectivity index (χ2n) is 8.69. The van der Waals surface area contributed by atoms with Crippen LogP contribution in [0.3, 0.4) is 0 Å². The van der Waals surface area contributed by atoms with Gasteiger partial charge in [-0.05, 0) is 47.7 Å². The molecule has 0 bridgehead atoms. The van der Waals surface area contributed by atoms with Crippen molar-refractivity contribution in [3.8, 4) is 5.75 Å². The Morgan fingerprint density at radius 3 is 2.67 bits per heavy atom. The molecule has 0 saturated carbocycles. The van der Waals surface area contributed by atoms with Crippen LogP contribution in [0.25, 0.3) is 0 Å². The Morgan fingerprint density at radius 1 is 1.17 bits per heavy atom. The zero-order valence-electron chi connectivity index (χ0n) is 18.4. The van der Waals surface area contributed by atoms with E-state index in [2.05, 4.69) is 51.3 Å². The minimum atomic E-state index is 0.223. The van der Waals surface area contributed by atoms with Crippen molar-refractivity contribution in [2.75, 3.05) is 44.8 Å². The van der Waals surface area contributed by atoms with Crippen molar-refractivity contribution in [2.24, 2.45) is 5.92 Å². The van der Waals surface area contributed by atoms with E-state index in [1.165, 1.54) is 5.69 Å². The van der Waals surface area contributed by atoms with Gasteiger partial charge in [-0.2, -0.15) is 0 Å². The number of nitrogens with zero attached hydrogens (tertiary/aromatic N) is 6. The van der Waals surface area contributed by atoms with Crippen LogP contribution in [0.1, 0.15) is 45.0 Å². The number of hydrogen-bond acceptors (Lipinski definition) is 7. The Morgan fingerprint density at radius 2 is 1.97 bits per heavy atom. The number of anilines is 1. The zero-order valence-corrected chi connectivity index (χ0v) is 18.4. The molecule has 0 N–H and O–H groups in total. The molecule has 0 amide bonds. The zero-order chi connectivity index (χ0) is 20.9. The second kappa shape index (κ2) is 9.75. The average Bonchev–Trinajstić information content (AvgIpc) is 3.45. The van der Waals surface area contributed by atoms with Crippen molar-refractivity contribution in [3.63, 3.8) is 0 Å². The maximum absolute atomic E-state index is 5.82. The van der Waals surface area contributed by atoms with Crippen molar-refractivity contribution in [1.29, 1.82) is 0 Å². The summed E-state index contributed by atoms with van der Waals surface area (Å²) >= 11 is 0. The fourth-order valence-corrected chi connectivity index (χ4v) is 4.59. The molecule has 30 heavy (non-hydrogen) atoms. The molecule has 2 saturated heterocycles. The van der Waals surface area contributed by atoms with Gasteiger partial charge in [0.2, 0.25) is 0 Å². The quantitative estimate of drug-likeness (QED) is 0.658. The smallest absolute Gasteiger partial charge is 0.168 e. The fourth-order valence-electron chi connectivity index (χ4n) is 4.59. The van der Waals surface area contributed by atoms with Gasteiger partial charge in [-0.1, -0.05) is 26.0 Å². The first-order chi connectivity index (χ1) is 14.7. The van der Waals surface area contributed by atoms with Crippen molar-refractivity contribution in [1.82, 2.24) is 25.1 Å². The van der Waals surface area contributed by atoms with Crippen molar-refractivity contribution >= 4 is 5.69 Å². The van der Waals surface area contributed by atoms with Gasteiger partial charge in [-0.3, -0.25) is 4.90 Å². The molecule has 0 aliphatic carbocycles. The topological polar surface area (TPSA) is 68.5 Å². The molecule has 2 unspecified atom stereocenters. The van der Waals surface area contributed by atoms with E-state index in [9.17, 15) is 0 Å². The lowest BCUT2D eigenvalue weighted by Crippen LogP contribution is -2.48. The lowest BCUT2D eigenvalue weighted by atomic mass is 10.0. The van der Waals surface area contributed by atoms with Gasteiger partial charge < -0.3 is 14.4 Å². The van der Waals surface area contributed by atoms with Crippen LogP contribution in [0.4, 0.5) is 5.69 Å². The first kappa shape index (κ1) is 21.1. The van der Waals surface area contributed by atoms with Crippen molar-refractivity contribution in [2.45, 2.75) is 51.8 Å². The molecule has 2 fully saturated rings. The number of aromatic nitrogens is 4. The van der Waals surface area contributed by atoms with Crippen LogP contribution in [0.2, 0.25) is 0 Å². The number of benzene rings is 1. The van der Waals surface area contributed by atoms with Gasteiger partial charge in [-0.25, -0.2) is 4.68 Å². The van der Waals surface area contributed by atoms with Crippen molar-refractivity contribution in [3.05, 3.63) is 30.1 Å². The van der Waals surface area contributed by atoms with E-state index >= 15 is 0 Å². The summed E-state index contributed by atoms with van der Waals surface area (Å²) in [5.74, 6) is 2.48. The largest absolute Gasteiger partial charge is 0.495 e. The third-order valence-corrected chi connectivity index (χ3v) is 6.13. The summed E-state index contributed by atoms with van der Waals surface area (Å²) in [7, 11) is 1.74. The number of piperazine rings is 1. The van der Waals surface area contributed by atoms with Crippen LogP contribution < -0.4 is 9.64 Å². The molecule has 3 heterocycles. The molecule has 2 atom stereocenters. The lowest BCUT2D eigenvalue weighted by molar-refractivity contribution is 0.0885. The van der Waals surface area contributed by atoms with Gasteiger partial charge in [0.1, 0.15) is 5.75 Å². The number of para-hydroxylation sites is 2. The number of hydrogen-bond donors (Lipinski definition) is 0. The van der Waals surface area contributed by atoms with E-state index < -0.39 is 0 Å². The standard InChI is InChI=1S/C22H34N6O2/c1-17(2)15-20(22-23-24-25-28(22)16-18-7-6-14-30-18)27-12-10-26(11-13-27)19-8-4-5-9-21(19)29-3/h4-5,8-9,17-18,20H,6-7,10-16H2,1-3H3. The Labute approximate surface area is 179 Å². The van der Waals surface area contributed by atoms with Crippen LogP contribution in [-0.2, 0) is 11.3 Å². The first-order valence-electron chi connectivity index (χ1n) is 11.2. The van der Waals surface area contributed by atoms with Gasteiger partial charge in [0, 0.05) is 32.8 Å². The number of rotatable bonds is 8. The van der Waals surface area contributed by atoms with Gasteiger partial charge in [0.25, 0.3) is 0 Å². The SMILES string of the molecule is COc1ccccc1N1CCN(C(CC(C)C)c2nnnn2CC2CCCO2)CC1. The van der Waals surface area contributed by atoms with Gasteiger partial charge >= 0.3 is 0 Å². The maximum Gasteiger partial charge on any atom is 0.168 e. The highest BCUT2D eigenvalue weighted by atomic mass is 16.5. The Balaban J connectivity index is 1.47. The molecule has 4 rings (SSSR count). The van der Waals surface area contributed by atoms with E-state index in [1.807, 2.05) is 16.8 Å². The maximum atomic E-state index is 5.82. The van der Waals surface area contributed by atoms with E-state index in [4.69, 9.17) is 9.47 Å². The molecular formula is C22H34N6O2. The molecule has 8 heteroatoms. The predicted molar refractivity (Wildman–Crippen MR) is 116 cm³/mol. The van der Waals surface area contributed by atoms with E-state index in [0.29, 0.717) is 5.92 Å². The van der Waals surface area contributed by atoms with E-state index in [0.717, 1.165) is 70.2 Å². The molecule has 164 valence electrons. The highest BCUT2D eigenvalue weighted by Gasteiger charge is 2.31. The van der Waals surface area contributed by atoms with Gasteiger partial charge in [-0.15, -0.1) is 5.10 Å². The Bertz CT molecular complexity index is 796. The second-order valence-corrected chi connectivity index (χ2v) is 8.69. The molecule has 2 aromatic rings. The van der Waals surface area contributed by atoms with Crippen LogP contribution in [-0.4, -0.2) is 71.1 Å². The van der Waals surface area contributed by atoms with Gasteiger partial charge in [0.05, 0.1) is 31.5 Å². The highest BCUT2D eigenvalue weighted by molar-refractivity contribution is 5.58. The van der Waals surface area contributed by atoms with Crippen LogP contribution in [0.5, 0.6) is 5.75 Å². The Kier molecular flexibility index (Phi) is 6.84. The molecule has 1 aromatic carbocycles. The summed E-state index contributed by atoms with van der Waals surface area (Å²) in [6.45, 7) is 10.0. The minimum absolute atomic E-state index is 0.223. The molecule has 2 aliphatic rings. The van der Waals surface area contributed by atoms with Crippen LogP contribution >= 0.6 is 0 Å². The lowest BCUT2D eigenvalue weighted by Gasteiger charge is -2.40. The fraction of sp³-hybridized carbons (Fsp3) is 0.682. The third-order valence-electron chi connectivity index (χ3n) is 6.13. The van der Waals surface area contributed by atoms with E-state index in [1.54, 1.807) is 7.11 Å². The number of methoxy groups -OCH3 is 1. The summed E-state index contributed by atoms with van der Waals surface area (Å²) in [5.41, 5.74) is 1.17. The average molecular weight is 415 g/mol. The number of ether oxygens (including phenoxy) is 2. The van der Waals surface area contributed by atoms with Gasteiger partial charge in [0.15, 0.2) is 5.82 Å². The first-order valence-corrected chi connectivity index (χ1v) is 11.2. The molecule has 8 nitrogen and oxygen atoms in total. The normalized spacial score (nSPS) is 21.3. The highest BCUT2D eigenvalue weighted by Crippen LogP contribution is 2.32. The molecule has 0 radical (unpaired) electrons. The summed E-state index contributed by atoms with van der Waals surface area (Å²) in [6.07, 6.45) is 3.49. The summed E-state index contributed by atoms with van der Waals surface area (Å²) in [6, 6.07) is 8.49. The third kappa shape index (κ3) is 4.75. The summed E-state index contributed by atoms with van der Waals surface area (Å²) in [5, 5.41) is 12.8.